The Morgan fingerprint density at radius 3 is 2.71 bits per heavy atom. The van der Waals surface area contributed by atoms with Gasteiger partial charge in [0.05, 0.1) is 17.4 Å². The quantitative estimate of drug-likeness (QED) is 0.508. The summed E-state index contributed by atoms with van der Waals surface area (Å²) >= 11 is 14.4. The number of nitrogens with zero attached hydrogens (tertiary/aromatic N) is 2. The monoisotopic (exact) mass is 428 g/mol. The molecule has 2 heterocycles. The molecule has 3 nitrogen and oxygen atoms in total. The van der Waals surface area contributed by atoms with Gasteiger partial charge in [0.15, 0.2) is 11.0 Å². The molecule has 1 aliphatic carbocycles. The third kappa shape index (κ3) is 2.81. The average molecular weight is 429 g/mol. The van der Waals surface area contributed by atoms with Gasteiger partial charge in [-0.2, -0.15) is 0 Å². The van der Waals surface area contributed by atoms with E-state index in [2.05, 4.69) is 18.7 Å². The highest BCUT2D eigenvalue weighted by Crippen LogP contribution is 2.54. The van der Waals surface area contributed by atoms with Gasteiger partial charge in [-0.25, -0.2) is 4.99 Å². The van der Waals surface area contributed by atoms with E-state index in [1.54, 1.807) is 11.8 Å². The van der Waals surface area contributed by atoms with Crippen LogP contribution in [-0.2, 0) is 4.79 Å². The van der Waals surface area contributed by atoms with Gasteiger partial charge in [0.25, 0.3) is 0 Å². The van der Waals surface area contributed by atoms with Gasteiger partial charge in [-0.15, -0.1) is 0 Å². The topological polar surface area (TPSA) is 32.7 Å². The van der Waals surface area contributed by atoms with Crippen molar-refractivity contribution < 1.29 is 4.79 Å². The van der Waals surface area contributed by atoms with Crippen molar-refractivity contribution in [3.63, 3.8) is 0 Å². The number of hydrogen-bond acceptors (Lipinski definition) is 4. The lowest BCUT2D eigenvalue weighted by molar-refractivity contribution is -0.118. The zero-order valence-electron chi connectivity index (χ0n) is 15.5. The van der Waals surface area contributed by atoms with E-state index >= 15 is 0 Å². The van der Waals surface area contributed by atoms with E-state index in [0.717, 1.165) is 39.0 Å². The number of halogens is 2. The second-order valence-electron chi connectivity index (χ2n) is 8.20. The minimum atomic E-state index is -0.269. The number of aliphatic imine (C=N–C) groups is 1. The number of hydrogen-bond donors (Lipinski definition) is 0. The van der Waals surface area contributed by atoms with Crippen LogP contribution >= 0.6 is 35.0 Å². The molecule has 5 rings (SSSR count). The molecule has 0 amide bonds. The number of amidine groups is 1. The van der Waals surface area contributed by atoms with Crippen LogP contribution in [0.3, 0.4) is 0 Å². The van der Waals surface area contributed by atoms with E-state index in [1.807, 2.05) is 42.5 Å². The number of allylic oxidation sites excluding steroid dienone is 1. The van der Waals surface area contributed by atoms with E-state index in [1.165, 1.54) is 0 Å². The summed E-state index contributed by atoms with van der Waals surface area (Å²) in [6.07, 6.45) is 1.30. The Hall–Kier alpha value is -1.75. The molecule has 0 bridgehead atoms. The van der Waals surface area contributed by atoms with Crippen molar-refractivity contribution in [1.29, 1.82) is 0 Å². The van der Waals surface area contributed by atoms with Crippen LogP contribution in [-0.4, -0.2) is 11.0 Å². The van der Waals surface area contributed by atoms with Gasteiger partial charge in [0.1, 0.15) is 0 Å². The van der Waals surface area contributed by atoms with Crippen molar-refractivity contribution in [1.82, 2.24) is 0 Å². The molecule has 2 aromatic carbocycles. The maximum absolute atomic E-state index is 13.3. The first-order valence-corrected chi connectivity index (χ1v) is 10.8. The molecule has 0 fully saturated rings. The molecular weight excluding hydrogens is 411 g/mol. The maximum atomic E-state index is 13.3. The van der Waals surface area contributed by atoms with E-state index in [9.17, 15) is 4.79 Å². The summed E-state index contributed by atoms with van der Waals surface area (Å²) in [6.45, 7) is 4.25. The molecule has 1 unspecified atom stereocenters. The maximum Gasteiger partial charge on any atom is 0.174 e. The zero-order chi connectivity index (χ0) is 19.6. The number of thioether (sulfide) groups is 1. The number of ketones is 1. The molecular formula is C22H18Cl2N2OS. The molecule has 142 valence electrons. The molecule has 3 aliphatic rings. The second-order valence-corrected chi connectivity index (χ2v) is 10.1. The van der Waals surface area contributed by atoms with Crippen molar-refractivity contribution in [2.45, 2.75) is 37.6 Å². The van der Waals surface area contributed by atoms with Crippen molar-refractivity contribution in [2.24, 2.45) is 10.4 Å². The Labute approximate surface area is 178 Å². The van der Waals surface area contributed by atoms with E-state index in [-0.39, 0.29) is 17.2 Å². The summed E-state index contributed by atoms with van der Waals surface area (Å²) in [6, 6.07) is 13.3. The molecule has 0 saturated carbocycles. The average Bonchev–Trinajstić information content (AvgIpc) is 2.96. The van der Waals surface area contributed by atoms with E-state index in [0.29, 0.717) is 16.5 Å². The van der Waals surface area contributed by atoms with E-state index in [4.69, 9.17) is 28.2 Å². The van der Waals surface area contributed by atoms with Crippen LogP contribution in [0.25, 0.3) is 0 Å². The SMILES string of the molecule is CC1(C)CC(=O)C2=C(C1)N=C1Sc3cc(Cl)ccc3N1C2c1ccccc1Cl. The van der Waals surface area contributed by atoms with Crippen LogP contribution in [0.15, 0.2) is 63.6 Å². The smallest absolute Gasteiger partial charge is 0.174 e. The third-order valence-electron chi connectivity index (χ3n) is 5.45. The molecule has 0 radical (unpaired) electrons. The standard InChI is InChI=1S/C22H18Cl2N2OS/c1-22(2)10-15-19(17(27)11-22)20(13-5-3-4-6-14(13)24)26-16-8-7-12(23)9-18(16)28-21(26)25-15/h3-9,20H,10-11H2,1-2H3. The Kier molecular flexibility index (Phi) is 4.17. The summed E-state index contributed by atoms with van der Waals surface area (Å²) in [5.74, 6) is 0.159. The van der Waals surface area contributed by atoms with Crippen molar-refractivity contribution in [2.75, 3.05) is 4.90 Å². The molecule has 0 N–H and O–H groups in total. The molecule has 1 atom stereocenters. The third-order valence-corrected chi connectivity index (χ3v) is 7.04. The van der Waals surface area contributed by atoms with Gasteiger partial charge in [0.2, 0.25) is 0 Å². The predicted molar refractivity (Wildman–Crippen MR) is 116 cm³/mol. The number of carbonyl (C=O) groups is 1. The summed E-state index contributed by atoms with van der Waals surface area (Å²) in [4.78, 5) is 21.4. The van der Waals surface area contributed by atoms with Crippen LogP contribution in [0.2, 0.25) is 10.0 Å². The lowest BCUT2D eigenvalue weighted by Crippen LogP contribution is -2.40. The molecule has 28 heavy (non-hydrogen) atoms. The summed E-state index contributed by atoms with van der Waals surface area (Å²) in [5.41, 5.74) is 3.53. The summed E-state index contributed by atoms with van der Waals surface area (Å²) in [5, 5.41) is 2.23. The van der Waals surface area contributed by atoms with Crippen LogP contribution in [0, 0.1) is 5.41 Å². The molecule has 6 heteroatoms. The largest absolute Gasteiger partial charge is 0.308 e. The lowest BCUT2D eigenvalue weighted by Gasteiger charge is -2.41. The van der Waals surface area contributed by atoms with Crippen molar-refractivity contribution in [3.8, 4) is 0 Å². The van der Waals surface area contributed by atoms with Crippen molar-refractivity contribution >= 4 is 51.6 Å². The zero-order valence-corrected chi connectivity index (χ0v) is 17.8. The van der Waals surface area contributed by atoms with E-state index < -0.39 is 0 Å². The normalized spacial score (nSPS) is 22.6. The Balaban J connectivity index is 1.75. The fourth-order valence-corrected chi connectivity index (χ4v) is 5.88. The Bertz CT molecular complexity index is 1090. The van der Waals surface area contributed by atoms with Crippen LogP contribution < -0.4 is 4.90 Å². The van der Waals surface area contributed by atoms with Crippen molar-refractivity contribution in [3.05, 3.63) is 69.3 Å². The molecule has 0 aromatic heterocycles. The summed E-state index contributed by atoms with van der Waals surface area (Å²) in [7, 11) is 0. The fourth-order valence-electron chi connectivity index (χ4n) is 4.29. The van der Waals surface area contributed by atoms with Crippen LogP contribution in [0.5, 0.6) is 0 Å². The second kappa shape index (κ2) is 6.38. The van der Waals surface area contributed by atoms with Crippen LogP contribution in [0.1, 0.15) is 38.3 Å². The molecule has 0 spiro atoms. The molecule has 0 saturated heterocycles. The first kappa shape index (κ1) is 18.3. The van der Waals surface area contributed by atoms with Crippen LogP contribution in [0.4, 0.5) is 5.69 Å². The number of benzene rings is 2. The number of anilines is 1. The van der Waals surface area contributed by atoms with Gasteiger partial charge < -0.3 is 4.90 Å². The molecule has 2 aromatic rings. The highest BCUT2D eigenvalue weighted by Gasteiger charge is 2.46. The van der Waals surface area contributed by atoms with Gasteiger partial charge in [-0.05, 0) is 53.4 Å². The van der Waals surface area contributed by atoms with Gasteiger partial charge in [-0.3, -0.25) is 4.79 Å². The minimum Gasteiger partial charge on any atom is -0.308 e. The van der Waals surface area contributed by atoms with Gasteiger partial charge >= 0.3 is 0 Å². The Morgan fingerprint density at radius 1 is 1.14 bits per heavy atom. The Morgan fingerprint density at radius 2 is 1.93 bits per heavy atom. The van der Waals surface area contributed by atoms with Gasteiger partial charge in [-0.1, -0.05) is 55.2 Å². The number of fused-ring (bicyclic) bond motifs is 3. The highest BCUT2D eigenvalue weighted by atomic mass is 35.5. The highest BCUT2D eigenvalue weighted by molar-refractivity contribution is 8.14. The minimum absolute atomic E-state index is 0.0907. The lowest BCUT2D eigenvalue weighted by atomic mass is 9.73. The fraction of sp³-hybridized carbons (Fsp3) is 0.273. The number of carbonyl (C=O) groups excluding carboxylic acids is 1. The number of Topliss-reactive ketones (excluding diaryl/α,β-unsaturated/α-hetero) is 1. The summed E-state index contributed by atoms with van der Waals surface area (Å²) < 4.78 is 0. The predicted octanol–water partition coefficient (Wildman–Crippen LogP) is 6.66. The van der Waals surface area contributed by atoms with Gasteiger partial charge in [0, 0.05) is 26.9 Å². The molecule has 2 aliphatic heterocycles. The number of rotatable bonds is 1. The first-order chi connectivity index (χ1) is 13.3. The first-order valence-electron chi connectivity index (χ1n) is 9.20.